The van der Waals surface area contributed by atoms with Crippen LogP contribution in [0.1, 0.15) is 33.1 Å². The van der Waals surface area contributed by atoms with Gasteiger partial charge in [-0.3, -0.25) is 4.79 Å². The monoisotopic (exact) mass is 214 g/mol. The number of hydrogen-bond acceptors (Lipinski definition) is 3. The Labute approximate surface area is 91.8 Å². The molecular formula is C11H22N2O2. The Hall–Kier alpha value is -0.610. The summed E-state index contributed by atoms with van der Waals surface area (Å²) in [5, 5.41) is 6.33. The van der Waals surface area contributed by atoms with Crippen LogP contribution in [0.5, 0.6) is 0 Å². The predicted molar refractivity (Wildman–Crippen MR) is 59.7 cm³/mol. The molecule has 1 amide bonds. The lowest BCUT2D eigenvalue weighted by Gasteiger charge is -2.16. The summed E-state index contributed by atoms with van der Waals surface area (Å²) in [6.07, 6.45) is 3.34. The summed E-state index contributed by atoms with van der Waals surface area (Å²) in [4.78, 5) is 11.5. The number of ether oxygens (including phenoxy) is 1. The topological polar surface area (TPSA) is 50.4 Å². The van der Waals surface area contributed by atoms with Crippen LogP contribution in [0.15, 0.2) is 0 Å². The SMILES string of the molecule is CC(C)OCC(=O)NC1CCCNCC1. The second-order valence-electron chi connectivity index (χ2n) is 4.31. The second kappa shape index (κ2) is 6.80. The largest absolute Gasteiger partial charge is 0.369 e. The molecular weight excluding hydrogens is 192 g/mol. The zero-order valence-corrected chi connectivity index (χ0v) is 9.71. The van der Waals surface area contributed by atoms with E-state index in [0.29, 0.717) is 6.04 Å². The van der Waals surface area contributed by atoms with E-state index in [4.69, 9.17) is 4.74 Å². The molecule has 1 unspecified atom stereocenters. The van der Waals surface area contributed by atoms with Gasteiger partial charge in [-0.2, -0.15) is 0 Å². The number of carbonyl (C=O) groups excluding carboxylic acids is 1. The van der Waals surface area contributed by atoms with E-state index in [2.05, 4.69) is 10.6 Å². The maximum absolute atomic E-state index is 11.5. The van der Waals surface area contributed by atoms with E-state index < -0.39 is 0 Å². The molecule has 0 radical (unpaired) electrons. The number of rotatable bonds is 4. The van der Waals surface area contributed by atoms with Gasteiger partial charge in [0.05, 0.1) is 6.10 Å². The van der Waals surface area contributed by atoms with Crippen molar-refractivity contribution in [3.8, 4) is 0 Å². The first-order valence-corrected chi connectivity index (χ1v) is 5.80. The van der Waals surface area contributed by atoms with Gasteiger partial charge in [0.15, 0.2) is 0 Å². The first-order chi connectivity index (χ1) is 7.18. The Balaban J connectivity index is 2.17. The second-order valence-corrected chi connectivity index (χ2v) is 4.31. The van der Waals surface area contributed by atoms with Crippen molar-refractivity contribution >= 4 is 5.91 Å². The molecule has 0 spiro atoms. The van der Waals surface area contributed by atoms with Gasteiger partial charge < -0.3 is 15.4 Å². The van der Waals surface area contributed by atoms with Gasteiger partial charge in [-0.05, 0) is 46.2 Å². The zero-order chi connectivity index (χ0) is 11.1. The van der Waals surface area contributed by atoms with Crippen molar-refractivity contribution in [2.24, 2.45) is 0 Å². The van der Waals surface area contributed by atoms with E-state index in [1.54, 1.807) is 0 Å². The smallest absolute Gasteiger partial charge is 0.246 e. The molecule has 1 saturated heterocycles. The van der Waals surface area contributed by atoms with Crippen LogP contribution in [-0.2, 0) is 9.53 Å². The summed E-state index contributed by atoms with van der Waals surface area (Å²) in [5.74, 6) is 0.00981. The van der Waals surface area contributed by atoms with Crippen molar-refractivity contribution < 1.29 is 9.53 Å². The van der Waals surface area contributed by atoms with Crippen LogP contribution in [0.25, 0.3) is 0 Å². The lowest BCUT2D eigenvalue weighted by Crippen LogP contribution is -2.38. The molecule has 88 valence electrons. The van der Waals surface area contributed by atoms with Crippen molar-refractivity contribution in [2.75, 3.05) is 19.7 Å². The number of nitrogens with one attached hydrogen (secondary N) is 2. The fraction of sp³-hybridized carbons (Fsp3) is 0.909. The van der Waals surface area contributed by atoms with E-state index in [9.17, 15) is 4.79 Å². The summed E-state index contributed by atoms with van der Waals surface area (Å²) in [7, 11) is 0. The van der Waals surface area contributed by atoms with Crippen molar-refractivity contribution in [1.82, 2.24) is 10.6 Å². The molecule has 0 aromatic carbocycles. The Morgan fingerprint density at radius 3 is 3.00 bits per heavy atom. The Bertz CT molecular complexity index is 187. The molecule has 1 aliphatic heterocycles. The van der Waals surface area contributed by atoms with Gasteiger partial charge in [0.25, 0.3) is 0 Å². The van der Waals surface area contributed by atoms with Gasteiger partial charge in [-0.15, -0.1) is 0 Å². The van der Waals surface area contributed by atoms with E-state index >= 15 is 0 Å². The first kappa shape index (κ1) is 12.5. The average Bonchev–Trinajstić information content (AvgIpc) is 2.43. The van der Waals surface area contributed by atoms with Crippen LogP contribution in [0.2, 0.25) is 0 Å². The van der Waals surface area contributed by atoms with Gasteiger partial charge in [0.1, 0.15) is 6.61 Å². The zero-order valence-electron chi connectivity index (χ0n) is 9.71. The van der Waals surface area contributed by atoms with E-state index in [-0.39, 0.29) is 18.6 Å². The average molecular weight is 214 g/mol. The van der Waals surface area contributed by atoms with Crippen LogP contribution < -0.4 is 10.6 Å². The predicted octanol–water partition coefficient (Wildman–Crippen LogP) is 0.670. The van der Waals surface area contributed by atoms with Crippen LogP contribution in [0.4, 0.5) is 0 Å². The molecule has 1 fully saturated rings. The van der Waals surface area contributed by atoms with Gasteiger partial charge in [-0.1, -0.05) is 0 Å². The lowest BCUT2D eigenvalue weighted by atomic mass is 10.1. The van der Waals surface area contributed by atoms with Crippen molar-refractivity contribution in [2.45, 2.75) is 45.3 Å². The molecule has 0 aromatic heterocycles. The highest BCUT2D eigenvalue weighted by atomic mass is 16.5. The third-order valence-electron chi connectivity index (χ3n) is 2.49. The van der Waals surface area contributed by atoms with Crippen LogP contribution in [0, 0.1) is 0 Å². The lowest BCUT2D eigenvalue weighted by molar-refractivity contribution is -0.127. The maximum atomic E-state index is 11.5. The molecule has 1 heterocycles. The molecule has 0 saturated carbocycles. The molecule has 0 aliphatic carbocycles. The summed E-state index contributed by atoms with van der Waals surface area (Å²) in [6.45, 7) is 6.11. The minimum atomic E-state index is 0.00981. The highest BCUT2D eigenvalue weighted by Gasteiger charge is 2.14. The quantitative estimate of drug-likeness (QED) is 0.723. The summed E-state index contributed by atoms with van der Waals surface area (Å²) in [6, 6.07) is 0.322. The third kappa shape index (κ3) is 5.74. The van der Waals surface area contributed by atoms with Crippen molar-refractivity contribution in [3.05, 3.63) is 0 Å². The Morgan fingerprint density at radius 1 is 1.47 bits per heavy atom. The standard InChI is InChI=1S/C11H22N2O2/c1-9(2)15-8-11(14)13-10-4-3-6-12-7-5-10/h9-10,12H,3-8H2,1-2H3,(H,13,14). The molecule has 4 nitrogen and oxygen atoms in total. The van der Waals surface area contributed by atoms with Gasteiger partial charge in [-0.25, -0.2) is 0 Å². The molecule has 1 atom stereocenters. The van der Waals surface area contributed by atoms with Crippen LogP contribution >= 0.6 is 0 Å². The summed E-state index contributed by atoms with van der Waals surface area (Å²) < 4.78 is 5.25. The Kier molecular flexibility index (Phi) is 5.65. The molecule has 15 heavy (non-hydrogen) atoms. The molecule has 1 aliphatic rings. The normalized spacial score (nSPS) is 22.5. The number of amides is 1. The minimum absolute atomic E-state index is 0.00981. The highest BCUT2D eigenvalue weighted by Crippen LogP contribution is 2.04. The summed E-state index contributed by atoms with van der Waals surface area (Å²) in [5.41, 5.74) is 0. The van der Waals surface area contributed by atoms with E-state index in [1.165, 1.54) is 0 Å². The van der Waals surface area contributed by atoms with Gasteiger partial charge >= 0.3 is 0 Å². The van der Waals surface area contributed by atoms with Crippen molar-refractivity contribution in [3.63, 3.8) is 0 Å². The fourth-order valence-corrected chi connectivity index (χ4v) is 1.68. The molecule has 1 rings (SSSR count). The van der Waals surface area contributed by atoms with E-state index in [0.717, 1.165) is 32.4 Å². The Morgan fingerprint density at radius 2 is 2.27 bits per heavy atom. The molecule has 0 bridgehead atoms. The van der Waals surface area contributed by atoms with Crippen molar-refractivity contribution in [1.29, 1.82) is 0 Å². The number of carbonyl (C=O) groups is 1. The summed E-state index contributed by atoms with van der Waals surface area (Å²) >= 11 is 0. The molecule has 4 heteroatoms. The van der Waals surface area contributed by atoms with Gasteiger partial charge in [0.2, 0.25) is 5.91 Å². The molecule has 2 N–H and O–H groups in total. The fourth-order valence-electron chi connectivity index (χ4n) is 1.68. The third-order valence-corrected chi connectivity index (χ3v) is 2.49. The van der Waals surface area contributed by atoms with Gasteiger partial charge in [0, 0.05) is 6.04 Å². The number of hydrogen-bond donors (Lipinski definition) is 2. The molecule has 0 aromatic rings. The first-order valence-electron chi connectivity index (χ1n) is 5.80. The minimum Gasteiger partial charge on any atom is -0.369 e. The maximum Gasteiger partial charge on any atom is 0.246 e. The highest BCUT2D eigenvalue weighted by molar-refractivity contribution is 5.77. The van der Waals surface area contributed by atoms with Crippen LogP contribution in [0.3, 0.4) is 0 Å². The van der Waals surface area contributed by atoms with Crippen LogP contribution in [-0.4, -0.2) is 37.7 Å². The van der Waals surface area contributed by atoms with E-state index in [1.807, 2.05) is 13.8 Å².